The van der Waals surface area contributed by atoms with Crippen LogP contribution < -0.4 is 5.32 Å². The number of rotatable bonds is 6. The first-order valence-electron chi connectivity index (χ1n) is 4.58. The van der Waals surface area contributed by atoms with Gasteiger partial charge in [-0.25, -0.2) is 9.78 Å². The molecule has 6 nitrogen and oxygen atoms in total. The predicted octanol–water partition coefficient (Wildman–Crippen LogP) is 0.421. The number of aliphatic carboxylic acids is 1. The molecule has 88 valence electrons. The van der Waals surface area contributed by atoms with Gasteiger partial charge in [0, 0.05) is 11.6 Å². The molecule has 0 aliphatic heterocycles. The molecular weight excluding hydrogens is 232 g/mol. The van der Waals surface area contributed by atoms with E-state index >= 15 is 0 Å². The third-order valence-electron chi connectivity index (χ3n) is 1.66. The van der Waals surface area contributed by atoms with Crippen molar-refractivity contribution in [2.45, 2.75) is 13.0 Å². The van der Waals surface area contributed by atoms with Crippen LogP contribution in [0.3, 0.4) is 0 Å². The number of ether oxygens (including phenoxy) is 1. The van der Waals surface area contributed by atoms with Crippen molar-refractivity contribution in [3.63, 3.8) is 0 Å². The summed E-state index contributed by atoms with van der Waals surface area (Å²) in [5.74, 6) is -1.45. The Morgan fingerprint density at radius 3 is 2.94 bits per heavy atom. The van der Waals surface area contributed by atoms with Crippen LogP contribution >= 0.6 is 11.3 Å². The highest BCUT2D eigenvalue weighted by Gasteiger charge is 2.11. The molecule has 1 aromatic rings. The number of carbonyl (C=O) groups is 2. The zero-order chi connectivity index (χ0) is 12.0. The fourth-order valence-corrected chi connectivity index (χ4v) is 1.67. The summed E-state index contributed by atoms with van der Waals surface area (Å²) in [7, 11) is 0. The molecule has 0 aromatic carbocycles. The van der Waals surface area contributed by atoms with Crippen LogP contribution in [0.5, 0.6) is 0 Å². The number of amides is 1. The molecule has 0 aliphatic carbocycles. The Hall–Kier alpha value is -1.47. The van der Waals surface area contributed by atoms with Crippen LogP contribution in [0.25, 0.3) is 0 Å². The van der Waals surface area contributed by atoms with Gasteiger partial charge in [0.15, 0.2) is 0 Å². The number of nitrogens with one attached hydrogen (secondary N) is 1. The monoisotopic (exact) mass is 244 g/mol. The number of thiazole rings is 1. The van der Waals surface area contributed by atoms with Crippen molar-refractivity contribution in [1.82, 2.24) is 10.3 Å². The van der Waals surface area contributed by atoms with Crippen LogP contribution in [-0.4, -0.2) is 35.2 Å². The average Bonchev–Trinajstić information content (AvgIpc) is 2.69. The van der Waals surface area contributed by atoms with Gasteiger partial charge in [0.05, 0.1) is 6.04 Å². The Balaban J connectivity index is 2.26. The molecule has 0 aliphatic rings. The Morgan fingerprint density at radius 2 is 2.38 bits per heavy atom. The van der Waals surface area contributed by atoms with Crippen molar-refractivity contribution >= 4 is 23.2 Å². The highest BCUT2D eigenvalue weighted by Crippen LogP contribution is 2.14. The van der Waals surface area contributed by atoms with Crippen LogP contribution in [0.15, 0.2) is 11.6 Å². The quantitative estimate of drug-likeness (QED) is 0.757. The SMILES string of the molecule is CC(NC(=O)COCC(=O)O)c1nccs1. The maximum Gasteiger partial charge on any atom is 0.329 e. The second-order valence-electron chi connectivity index (χ2n) is 3.05. The van der Waals surface area contributed by atoms with Crippen molar-refractivity contribution in [2.24, 2.45) is 0 Å². The summed E-state index contributed by atoms with van der Waals surface area (Å²) >= 11 is 1.44. The topological polar surface area (TPSA) is 88.5 Å². The maximum atomic E-state index is 11.3. The minimum Gasteiger partial charge on any atom is -0.480 e. The minimum absolute atomic E-state index is 0.194. The Labute approximate surface area is 96.3 Å². The molecule has 1 aromatic heterocycles. The predicted molar refractivity (Wildman–Crippen MR) is 57.1 cm³/mol. The summed E-state index contributed by atoms with van der Waals surface area (Å²) in [6, 6.07) is -0.194. The van der Waals surface area contributed by atoms with Gasteiger partial charge in [-0.3, -0.25) is 4.79 Å². The molecule has 0 fully saturated rings. The molecular formula is C9H12N2O4S. The highest BCUT2D eigenvalue weighted by molar-refractivity contribution is 7.09. The van der Waals surface area contributed by atoms with Gasteiger partial charge in [0.1, 0.15) is 18.2 Å². The Bertz CT molecular complexity index is 352. The molecule has 0 bridgehead atoms. The van der Waals surface area contributed by atoms with E-state index in [0.717, 1.165) is 5.01 Å². The van der Waals surface area contributed by atoms with E-state index in [-0.39, 0.29) is 18.6 Å². The smallest absolute Gasteiger partial charge is 0.329 e. The molecule has 7 heteroatoms. The molecule has 0 saturated heterocycles. The fraction of sp³-hybridized carbons (Fsp3) is 0.444. The van der Waals surface area contributed by atoms with E-state index in [2.05, 4.69) is 15.0 Å². The van der Waals surface area contributed by atoms with Crippen LogP contribution in [-0.2, 0) is 14.3 Å². The number of hydrogen-bond acceptors (Lipinski definition) is 5. The van der Waals surface area contributed by atoms with Crippen molar-refractivity contribution in [3.8, 4) is 0 Å². The van der Waals surface area contributed by atoms with Crippen LogP contribution in [0.1, 0.15) is 18.0 Å². The van der Waals surface area contributed by atoms with Crippen molar-refractivity contribution < 1.29 is 19.4 Å². The second-order valence-corrected chi connectivity index (χ2v) is 3.97. The summed E-state index contributed by atoms with van der Waals surface area (Å²) in [6.45, 7) is 1.06. The standard InChI is InChI=1S/C9H12N2O4S/c1-6(9-10-2-3-16-9)11-7(12)4-15-5-8(13)14/h2-3,6H,4-5H2,1H3,(H,11,12)(H,13,14). The first-order valence-corrected chi connectivity index (χ1v) is 5.46. The van der Waals surface area contributed by atoms with Gasteiger partial charge in [-0.05, 0) is 6.92 Å². The lowest BCUT2D eigenvalue weighted by molar-refractivity contribution is -0.143. The zero-order valence-electron chi connectivity index (χ0n) is 8.67. The first kappa shape index (κ1) is 12.6. The normalized spacial score (nSPS) is 12.1. The summed E-state index contributed by atoms with van der Waals surface area (Å²) in [5, 5.41) is 13.6. The van der Waals surface area contributed by atoms with E-state index < -0.39 is 12.6 Å². The van der Waals surface area contributed by atoms with Gasteiger partial charge in [-0.1, -0.05) is 0 Å². The number of carboxylic acid groups (broad SMARTS) is 1. The van der Waals surface area contributed by atoms with Crippen molar-refractivity contribution in [3.05, 3.63) is 16.6 Å². The molecule has 16 heavy (non-hydrogen) atoms. The maximum absolute atomic E-state index is 11.3. The Morgan fingerprint density at radius 1 is 1.62 bits per heavy atom. The molecule has 1 heterocycles. The van der Waals surface area contributed by atoms with Crippen LogP contribution in [0.2, 0.25) is 0 Å². The number of hydrogen-bond donors (Lipinski definition) is 2. The van der Waals surface area contributed by atoms with Crippen LogP contribution in [0.4, 0.5) is 0 Å². The minimum atomic E-state index is -1.10. The third-order valence-corrected chi connectivity index (χ3v) is 2.62. The lowest BCUT2D eigenvalue weighted by atomic mass is 10.3. The summed E-state index contributed by atoms with van der Waals surface area (Å²) < 4.78 is 4.65. The van der Waals surface area contributed by atoms with Crippen LogP contribution in [0, 0.1) is 0 Å². The van der Waals surface area contributed by atoms with Gasteiger partial charge in [0.25, 0.3) is 0 Å². The fourth-order valence-electron chi connectivity index (χ4n) is 1.02. The number of carboxylic acids is 1. The molecule has 0 saturated carbocycles. The van der Waals surface area contributed by atoms with E-state index in [9.17, 15) is 9.59 Å². The van der Waals surface area contributed by atoms with Crippen molar-refractivity contribution in [2.75, 3.05) is 13.2 Å². The van der Waals surface area contributed by atoms with E-state index in [0.29, 0.717) is 0 Å². The van der Waals surface area contributed by atoms with Gasteiger partial charge < -0.3 is 15.2 Å². The van der Waals surface area contributed by atoms with Gasteiger partial charge in [0.2, 0.25) is 5.91 Å². The lowest BCUT2D eigenvalue weighted by Crippen LogP contribution is -2.30. The van der Waals surface area contributed by atoms with Gasteiger partial charge in [-0.15, -0.1) is 11.3 Å². The zero-order valence-corrected chi connectivity index (χ0v) is 9.49. The molecule has 0 radical (unpaired) electrons. The summed E-state index contributed by atoms with van der Waals surface area (Å²) in [6.07, 6.45) is 1.66. The molecule has 2 N–H and O–H groups in total. The number of carbonyl (C=O) groups excluding carboxylic acids is 1. The van der Waals surface area contributed by atoms with E-state index in [1.54, 1.807) is 13.1 Å². The van der Waals surface area contributed by atoms with Gasteiger partial charge >= 0.3 is 5.97 Å². The summed E-state index contributed by atoms with van der Waals surface area (Å²) in [5.41, 5.74) is 0. The summed E-state index contributed by atoms with van der Waals surface area (Å²) in [4.78, 5) is 25.4. The average molecular weight is 244 g/mol. The molecule has 1 rings (SSSR count). The lowest BCUT2D eigenvalue weighted by Gasteiger charge is -2.10. The molecule has 1 unspecified atom stereocenters. The van der Waals surface area contributed by atoms with E-state index in [1.807, 2.05) is 5.38 Å². The highest BCUT2D eigenvalue weighted by atomic mass is 32.1. The second kappa shape index (κ2) is 6.19. The number of aromatic nitrogens is 1. The molecule has 1 amide bonds. The molecule has 1 atom stereocenters. The molecule has 0 spiro atoms. The third kappa shape index (κ3) is 4.37. The van der Waals surface area contributed by atoms with Crippen molar-refractivity contribution in [1.29, 1.82) is 0 Å². The van der Waals surface area contributed by atoms with E-state index in [4.69, 9.17) is 5.11 Å². The largest absolute Gasteiger partial charge is 0.480 e. The Kier molecular flexibility index (Phi) is 4.87. The van der Waals surface area contributed by atoms with Gasteiger partial charge in [-0.2, -0.15) is 0 Å². The first-order chi connectivity index (χ1) is 7.59. The number of nitrogens with zero attached hydrogens (tertiary/aromatic N) is 1. The van der Waals surface area contributed by atoms with E-state index in [1.165, 1.54) is 11.3 Å².